The first kappa shape index (κ1) is 37.7. The molecule has 0 radical (unpaired) electrons. The van der Waals surface area contributed by atoms with E-state index in [9.17, 15) is 60.7 Å². The second kappa shape index (κ2) is 15.5. The highest BCUT2D eigenvalue weighted by Gasteiger charge is 2.52. The molecule has 2 saturated heterocycles. The molecule has 0 aliphatic carbocycles. The Balaban J connectivity index is 1.27. The van der Waals surface area contributed by atoms with E-state index < -0.39 is 108 Å². The number of hydrogen-bond donors (Lipinski definition) is 10. The van der Waals surface area contributed by atoms with Crippen molar-refractivity contribution in [1.29, 1.82) is 0 Å². The Bertz CT molecular complexity index is 2010. The van der Waals surface area contributed by atoms with Gasteiger partial charge in [-0.05, 0) is 48.0 Å². The lowest BCUT2D eigenvalue weighted by Gasteiger charge is -2.46. The molecule has 4 aromatic rings. The summed E-state index contributed by atoms with van der Waals surface area (Å²) in [6.07, 6.45) is -15.8. The van der Waals surface area contributed by atoms with E-state index in [0.29, 0.717) is 11.1 Å². The van der Waals surface area contributed by atoms with Crippen molar-refractivity contribution in [2.75, 3.05) is 13.2 Å². The van der Waals surface area contributed by atoms with Crippen LogP contribution in [0, 0.1) is 0 Å². The molecule has 282 valence electrons. The minimum absolute atomic E-state index is 0.0201. The Morgan fingerprint density at radius 2 is 1.42 bits per heavy atom. The highest BCUT2D eigenvalue weighted by molar-refractivity contribution is 5.88. The maximum atomic E-state index is 13.3. The third-order valence-corrected chi connectivity index (χ3v) is 8.97. The van der Waals surface area contributed by atoms with Crippen LogP contribution >= 0.6 is 0 Å². The van der Waals surface area contributed by atoms with Crippen molar-refractivity contribution >= 4 is 23.0 Å². The Hall–Kier alpha value is -5.08. The van der Waals surface area contributed by atoms with Crippen LogP contribution in [0.25, 0.3) is 28.4 Å². The fraction of sp³-hybridized carbons (Fsp3) is 0.333. The van der Waals surface area contributed by atoms with Gasteiger partial charge in [-0.2, -0.15) is 0 Å². The smallest absolute Gasteiger partial charge is 0.330 e. The van der Waals surface area contributed by atoms with Crippen LogP contribution in [0.3, 0.4) is 0 Å². The van der Waals surface area contributed by atoms with E-state index in [1.54, 1.807) is 0 Å². The summed E-state index contributed by atoms with van der Waals surface area (Å²) in [6.45, 7) is -1.53. The number of aliphatic hydroxyl groups excluding tert-OH is 6. The molecule has 0 bridgehead atoms. The average molecular weight is 741 g/mol. The zero-order chi connectivity index (χ0) is 38.1. The van der Waals surface area contributed by atoms with Crippen molar-refractivity contribution in [3.05, 3.63) is 88.1 Å². The van der Waals surface area contributed by atoms with Crippen molar-refractivity contribution in [1.82, 2.24) is 0 Å². The van der Waals surface area contributed by atoms with Crippen LogP contribution in [0.1, 0.15) is 17.2 Å². The van der Waals surface area contributed by atoms with Crippen LogP contribution in [0.4, 0.5) is 0 Å². The van der Waals surface area contributed by atoms with Crippen molar-refractivity contribution in [2.24, 2.45) is 0 Å². The SMILES string of the molecule is O=C(/C=C/c1ccc(O)cc1)OC[C@H]1O[C@@H](O[C@@H]2[C@@H](O)[C@H](O)[C@@H](CO)O[C@H]2c2c(O)cc3oc(-c4ccc(O)cc4)cc(=O)c3c2O)[C@H](O)[C@@H](O)[C@@H]1O. The minimum atomic E-state index is -2.02. The van der Waals surface area contributed by atoms with Gasteiger partial charge in [0.15, 0.2) is 11.7 Å². The molecule has 17 heteroatoms. The second-order valence-electron chi connectivity index (χ2n) is 12.5. The quantitative estimate of drug-likeness (QED) is 0.0791. The van der Waals surface area contributed by atoms with Gasteiger partial charge in [0.05, 0.1) is 12.2 Å². The highest BCUT2D eigenvalue weighted by Crippen LogP contribution is 2.46. The van der Waals surface area contributed by atoms with Gasteiger partial charge in [-0.15, -0.1) is 0 Å². The molecule has 0 spiro atoms. The minimum Gasteiger partial charge on any atom is -0.508 e. The summed E-state index contributed by atoms with van der Waals surface area (Å²) in [5.41, 5.74) is -0.663. The van der Waals surface area contributed by atoms with Gasteiger partial charge in [-0.25, -0.2) is 4.79 Å². The first-order valence-corrected chi connectivity index (χ1v) is 16.2. The number of ether oxygens (including phenoxy) is 4. The first-order chi connectivity index (χ1) is 25.3. The lowest BCUT2D eigenvalue weighted by atomic mass is 9.89. The molecule has 2 aliphatic rings. The van der Waals surface area contributed by atoms with Crippen LogP contribution in [0.15, 0.2) is 76.0 Å². The molecule has 0 unspecified atom stereocenters. The number of hydrogen-bond acceptors (Lipinski definition) is 17. The van der Waals surface area contributed by atoms with E-state index in [0.717, 1.165) is 18.2 Å². The molecular formula is C36H36O17. The molecule has 1 aromatic heterocycles. The van der Waals surface area contributed by atoms with E-state index in [1.807, 2.05) is 0 Å². The van der Waals surface area contributed by atoms with Gasteiger partial charge >= 0.3 is 5.97 Å². The Kier molecular flexibility index (Phi) is 11.0. The topological polar surface area (TPSA) is 286 Å². The molecule has 3 aromatic carbocycles. The number of aliphatic hydroxyl groups is 6. The maximum absolute atomic E-state index is 13.3. The molecular weight excluding hydrogens is 704 g/mol. The summed E-state index contributed by atoms with van der Waals surface area (Å²) in [4.78, 5) is 25.7. The molecule has 53 heavy (non-hydrogen) atoms. The van der Waals surface area contributed by atoms with Crippen molar-refractivity contribution in [2.45, 2.75) is 61.2 Å². The largest absolute Gasteiger partial charge is 0.508 e. The van der Waals surface area contributed by atoms with Gasteiger partial charge in [0.25, 0.3) is 0 Å². The van der Waals surface area contributed by atoms with Gasteiger partial charge in [-0.1, -0.05) is 12.1 Å². The zero-order valence-electron chi connectivity index (χ0n) is 27.4. The molecule has 10 N–H and O–H groups in total. The molecule has 3 heterocycles. The molecule has 2 fully saturated rings. The van der Waals surface area contributed by atoms with Crippen LogP contribution in [0.2, 0.25) is 0 Å². The number of carbonyl (C=O) groups excluding carboxylic acids is 1. The summed E-state index contributed by atoms with van der Waals surface area (Å²) in [7, 11) is 0. The Morgan fingerprint density at radius 1 is 0.774 bits per heavy atom. The number of aromatic hydroxyl groups is 4. The number of esters is 1. The van der Waals surface area contributed by atoms with Crippen molar-refractivity contribution in [3.8, 4) is 34.3 Å². The van der Waals surface area contributed by atoms with Crippen LogP contribution in [0.5, 0.6) is 23.0 Å². The van der Waals surface area contributed by atoms with Gasteiger partial charge in [0.2, 0.25) is 0 Å². The molecule has 0 amide bonds. The first-order valence-electron chi connectivity index (χ1n) is 16.2. The Labute approximate surface area is 299 Å². The monoisotopic (exact) mass is 740 g/mol. The van der Waals surface area contributed by atoms with E-state index in [2.05, 4.69) is 0 Å². The molecule has 6 rings (SSSR count). The molecule has 17 nitrogen and oxygen atoms in total. The van der Waals surface area contributed by atoms with Crippen LogP contribution < -0.4 is 5.43 Å². The third kappa shape index (κ3) is 7.70. The van der Waals surface area contributed by atoms with E-state index in [-0.39, 0.29) is 22.8 Å². The van der Waals surface area contributed by atoms with Crippen LogP contribution in [-0.2, 0) is 23.7 Å². The number of phenolic OH excluding ortho intramolecular Hbond substituents is 4. The van der Waals surface area contributed by atoms with Gasteiger partial charge in [0, 0.05) is 23.8 Å². The van der Waals surface area contributed by atoms with Gasteiger partial charge in [0.1, 0.15) is 101 Å². The van der Waals surface area contributed by atoms with E-state index in [4.69, 9.17) is 23.4 Å². The van der Waals surface area contributed by atoms with Crippen molar-refractivity contribution < 1.29 is 79.2 Å². The summed E-state index contributed by atoms with van der Waals surface area (Å²) in [5.74, 6) is -2.50. The lowest BCUT2D eigenvalue weighted by Crippen LogP contribution is -2.63. The summed E-state index contributed by atoms with van der Waals surface area (Å²) in [5, 5.41) is 105. The predicted octanol–water partition coefficient (Wildman–Crippen LogP) is -0.114. The van der Waals surface area contributed by atoms with E-state index in [1.165, 1.54) is 54.6 Å². The normalized spacial score (nSPS) is 29.0. The number of fused-ring (bicyclic) bond motifs is 1. The van der Waals surface area contributed by atoms with Crippen LogP contribution in [-0.4, -0.2) is 125 Å². The standard InChI is InChI=1S/C36H36O17/c37-13-23-28(43)32(47)35(53-36-33(48)31(46)29(44)24(52-36)14-49-25(42)10-3-15-1-6-17(38)7-2-15)34(51-23)27-20(41)12-22-26(30(27)45)19(40)11-21(50-22)16-4-8-18(39)9-5-16/h1-12,23-24,28-29,31-39,41,43-48H,13-14H2/b10-3+/t23-,24-,28-,29-,31+,32+,33-,34+,35-,36+/m1/s1. The summed E-state index contributed by atoms with van der Waals surface area (Å²) >= 11 is 0. The fourth-order valence-corrected chi connectivity index (χ4v) is 6.11. The number of benzene rings is 3. The highest BCUT2D eigenvalue weighted by atomic mass is 16.7. The zero-order valence-corrected chi connectivity index (χ0v) is 27.4. The lowest BCUT2D eigenvalue weighted by molar-refractivity contribution is -0.342. The second-order valence-corrected chi connectivity index (χ2v) is 12.5. The molecule has 2 aliphatic heterocycles. The summed E-state index contributed by atoms with van der Waals surface area (Å²) in [6, 6.07) is 13.6. The fourth-order valence-electron chi connectivity index (χ4n) is 6.11. The Morgan fingerprint density at radius 3 is 2.08 bits per heavy atom. The summed E-state index contributed by atoms with van der Waals surface area (Å²) < 4.78 is 28.1. The average Bonchev–Trinajstić information content (AvgIpc) is 3.13. The molecule has 10 atom stereocenters. The predicted molar refractivity (Wildman–Crippen MR) is 179 cm³/mol. The third-order valence-electron chi connectivity index (χ3n) is 8.97. The molecule has 0 saturated carbocycles. The maximum Gasteiger partial charge on any atom is 0.330 e. The number of rotatable bonds is 9. The van der Waals surface area contributed by atoms with E-state index >= 15 is 0 Å². The van der Waals surface area contributed by atoms with Crippen molar-refractivity contribution in [3.63, 3.8) is 0 Å². The van der Waals surface area contributed by atoms with Gasteiger partial charge < -0.3 is 74.4 Å². The number of carbonyl (C=O) groups is 1. The number of phenols is 4. The van der Waals surface area contributed by atoms with Gasteiger partial charge in [-0.3, -0.25) is 4.79 Å².